The quantitative estimate of drug-likeness (QED) is 0.668. The number of carboxylic acid groups (broad SMARTS) is 1. The number of anilines is 1. The van der Waals surface area contributed by atoms with Crippen molar-refractivity contribution in [2.24, 2.45) is 7.05 Å². The molecule has 0 fully saturated rings. The predicted molar refractivity (Wildman–Crippen MR) is 68.8 cm³/mol. The van der Waals surface area contributed by atoms with Gasteiger partial charge in [-0.25, -0.2) is 13.2 Å². The number of carbonyl (C=O) groups is 2. The fourth-order valence-corrected chi connectivity index (χ4v) is 2.44. The van der Waals surface area contributed by atoms with E-state index in [4.69, 9.17) is 5.11 Å². The predicted octanol–water partition coefficient (Wildman–Crippen LogP) is -0.187. The Morgan fingerprint density at radius 2 is 2.15 bits per heavy atom. The summed E-state index contributed by atoms with van der Waals surface area (Å²) >= 11 is 0. The Morgan fingerprint density at radius 1 is 1.50 bits per heavy atom. The smallest absolute Gasteiger partial charge is 0.341 e. The molecule has 0 saturated heterocycles. The number of carboxylic acids is 1. The summed E-state index contributed by atoms with van der Waals surface area (Å²) in [5.74, 6) is -2.61. The Hall–Kier alpha value is -2.10. The molecule has 112 valence electrons. The monoisotopic (exact) mass is 305 g/mol. The molecule has 0 saturated carbocycles. The van der Waals surface area contributed by atoms with Crippen molar-refractivity contribution in [2.75, 3.05) is 17.1 Å². The number of aromatic nitrogens is 2. The van der Waals surface area contributed by atoms with Gasteiger partial charge in [-0.15, -0.1) is 0 Å². The average Bonchev–Trinajstić information content (AvgIpc) is 2.69. The molecule has 0 aliphatic rings. The maximum Gasteiger partial charge on any atom is 0.341 e. The number of hydrogen-bond donors (Lipinski definition) is 2. The number of aromatic carboxylic acids is 1. The second-order valence-corrected chi connectivity index (χ2v) is 5.65. The maximum atomic E-state index is 11.8. The van der Waals surface area contributed by atoms with Gasteiger partial charge in [0.2, 0.25) is 10.0 Å². The van der Waals surface area contributed by atoms with Gasteiger partial charge in [0, 0.05) is 7.05 Å². The average molecular weight is 305 g/mol. The fraction of sp³-hybridized carbons (Fsp3) is 0.500. The molecule has 0 aliphatic heterocycles. The van der Waals surface area contributed by atoms with Crippen LogP contribution in [0.1, 0.15) is 23.7 Å². The van der Waals surface area contributed by atoms with Crippen LogP contribution >= 0.6 is 0 Å². The molecule has 0 unspecified atom stereocenters. The van der Waals surface area contributed by atoms with Crippen LogP contribution in [0.5, 0.6) is 0 Å². The summed E-state index contributed by atoms with van der Waals surface area (Å²) < 4.78 is 31.4. The van der Waals surface area contributed by atoms with Gasteiger partial charge in [-0.2, -0.15) is 5.10 Å². The van der Waals surface area contributed by atoms with Crippen molar-refractivity contribution >= 4 is 27.8 Å². The summed E-state index contributed by atoms with van der Waals surface area (Å²) in [6.07, 6.45) is 0.717. The Kier molecular flexibility index (Phi) is 5.08. The molecule has 9 nitrogen and oxygen atoms in total. The van der Waals surface area contributed by atoms with Gasteiger partial charge >= 0.3 is 11.9 Å². The second-order valence-electron chi connectivity index (χ2n) is 3.81. The van der Waals surface area contributed by atoms with Gasteiger partial charge in [-0.1, -0.05) is 0 Å². The minimum atomic E-state index is -3.87. The van der Waals surface area contributed by atoms with Crippen molar-refractivity contribution < 1.29 is 27.9 Å². The molecule has 0 radical (unpaired) electrons. The first-order valence-electron chi connectivity index (χ1n) is 5.68. The molecule has 2 N–H and O–H groups in total. The largest absolute Gasteiger partial charge is 0.477 e. The number of aryl methyl sites for hydroxylation is 1. The molecule has 0 amide bonds. The molecule has 0 spiro atoms. The zero-order valence-electron chi connectivity index (χ0n) is 11.0. The number of nitrogens with zero attached hydrogens (tertiary/aromatic N) is 2. The molecule has 0 atom stereocenters. The molecule has 0 aromatic carbocycles. The van der Waals surface area contributed by atoms with Crippen LogP contribution in [0.2, 0.25) is 0 Å². The number of nitrogens with one attached hydrogen (secondary N) is 1. The van der Waals surface area contributed by atoms with E-state index in [0.717, 1.165) is 10.9 Å². The Morgan fingerprint density at radius 3 is 2.70 bits per heavy atom. The normalized spacial score (nSPS) is 11.1. The Balaban J connectivity index is 2.79. The van der Waals surface area contributed by atoms with Crippen LogP contribution in [-0.4, -0.2) is 47.6 Å². The number of carbonyl (C=O) groups excluding carboxylic acids is 1. The summed E-state index contributed by atoms with van der Waals surface area (Å²) in [5, 5.41) is 12.6. The SMILES string of the molecule is CCOC(=O)CCS(=O)(=O)Nc1c(C(=O)O)cnn1C. The highest BCUT2D eigenvalue weighted by atomic mass is 32.2. The van der Waals surface area contributed by atoms with Crippen molar-refractivity contribution in [1.29, 1.82) is 0 Å². The van der Waals surface area contributed by atoms with Gasteiger partial charge in [0.25, 0.3) is 0 Å². The number of esters is 1. The third-order valence-corrected chi connectivity index (χ3v) is 3.55. The van der Waals surface area contributed by atoms with Crippen molar-refractivity contribution in [2.45, 2.75) is 13.3 Å². The fourth-order valence-electron chi connectivity index (χ4n) is 1.36. The number of sulfonamides is 1. The molecular weight excluding hydrogens is 290 g/mol. The van der Waals surface area contributed by atoms with Crippen LogP contribution in [0.4, 0.5) is 5.82 Å². The Bertz CT molecular complexity index is 607. The van der Waals surface area contributed by atoms with Gasteiger partial charge in [-0.3, -0.25) is 14.2 Å². The molecule has 0 bridgehead atoms. The highest BCUT2D eigenvalue weighted by Gasteiger charge is 2.21. The molecule has 1 heterocycles. The lowest BCUT2D eigenvalue weighted by Gasteiger charge is -2.09. The maximum absolute atomic E-state index is 11.8. The molecule has 1 rings (SSSR count). The lowest BCUT2D eigenvalue weighted by molar-refractivity contribution is -0.142. The van der Waals surface area contributed by atoms with E-state index >= 15 is 0 Å². The van der Waals surface area contributed by atoms with Crippen molar-refractivity contribution in [3.8, 4) is 0 Å². The van der Waals surface area contributed by atoms with Gasteiger partial charge < -0.3 is 9.84 Å². The third-order valence-electron chi connectivity index (χ3n) is 2.30. The van der Waals surface area contributed by atoms with Gasteiger partial charge in [0.05, 0.1) is 25.0 Å². The van der Waals surface area contributed by atoms with Crippen LogP contribution in [-0.2, 0) is 26.6 Å². The van der Waals surface area contributed by atoms with E-state index in [0.29, 0.717) is 0 Å². The van der Waals surface area contributed by atoms with Crippen molar-refractivity contribution in [3.05, 3.63) is 11.8 Å². The number of hydrogen-bond acceptors (Lipinski definition) is 6. The zero-order valence-corrected chi connectivity index (χ0v) is 11.8. The highest BCUT2D eigenvalue weighted by Crippen LogP contribution is 2.16. The van der Waals surface area contributed by atoms with Crippen molar-refractivity contribution in [1.82, 2.24) is 9.78 Å². The van der Waals surface area contributed by atoms with E-state index in [-0.39, 0.29) is 24.4 Å². The standard InChI is InChI=1S/C10H15N3O6S/c1-3-19-8(14)4-5-20(17,18)12-9-7(10(15)16)6-11-13(9)2/h6,12H,3-5H2,1-2H3,(H,15,16). The second kappa shape index (κ2) is 6.37. The van der Waals surface area contributed by atoms with E-state index in [1.807, 2.05) is 0 Å². The zero-order chi connectivity index (χ0) is 15.3. The van der Waals surface area contributed by atoms with Crippen LogP contribution in [0.15, 0.2) is 6.20 Å². The molecule has 1 aromatic heterocycles. The van der Waals surface area contributed by atoms with Crippen LogP contribution in [0.25, 0.3) is 0 Å². The molecule has 10 heteroatoms. The van der Waals surface area contributed by atoms with E-state index in [9.17, 15) is 18.0 Å². The van der Waals surface area contributed by atoms with Crippen LogP contribution in [0.3, 0.4) is 0 Å². The van der Waals surface area contributed by atoms with Gasteiger partial charge in [-0.05, 0) is 6.92 Å². The molecule has 20 heavy (non-hydrogen) atoms. The van der Waals surface area contributed by atoms with Crippen LogP contribution < -0.4 is 4.72 Å². The summed E-state index contributed by atoms with van der Waals surface area (Å²) in [7, 11) is -2.47. The first kappa shape index (κ1) is 16.0. The van der Waals surface area contributed by atoms with Crippen molar-refractivity contribution in [3.63, 3.8) is 0 Å². The van der Waals surface area contributed by atoms with E-state index in [1.165, 1.54) is 7.05 Å². The lowest BCUT2D eigenvalue weighted by atomic mass is 10.3. The summed E-state index contributed by atoms with van der Waals surface area (Å²) in [5.41, 5.74) is -0.271. The minimum absolute atomic E-state index is 0.164. The lowest BCUT2D eigenvalue weighted by Crippen LogP contribution is -2.22. The highest BCUT2D eigenvalue weighted by molar-refractivity contribution is 7.92. The number of ether oxygens (including phenoxy) is 1. The van der Waals surface area contributed by atoms with Crippen LogP contribution in [0, 0.1) is 0 Å². The first-order chi connectivity index (χ1) is 9.26. The van der Waals surface area contributed by atoms with E-state index < -0.39 is 27.7 Å². The molecule has 0 aliphatic carbocycles. The summed E-state index contributed by atoms with van der Waals surface area (Å²) in [6.45, 7) is 1.77. The third kappa shape index (κ3) is 4.23. The van der Waals surface area contributed by atoms with E-state index in [1.54, 1.807) is 6.92 Å². The Labute approximate surface area is 115 Å². The first-order valence-corrected chi connectivity index (χ1v) is 7.33. The minimum Gasteiger partial charge on any atom is -0.477 e. The topological polar surface area (TPSA) is 128 Å². The number of rotatable bonds is 7. The summed E-state index contributed by atoms with van der Waals surface area (Å²) in [4.78, 5) is 22.0. The van der Waals surface area contributed by atoms with Gasteiger partial charge in [0.15, 0.2) is 5.82 Å². The molecular formula is C10H15N3O6S. The summed E-state index contributed by atoms with van der Waals surface area (Å²) in [6, 6.07) is 0. The van der Waals surface area contributed by atoms with Gasteiger partial charge in [0.1, 0.15) is 5.56 Å². The molecule has 1 aromatic rings. The van der Waals surface area contributed by atoms with E-state index in [2.05, 4.69) is 14.6 Å².